The van der Waals surface area contributed by atoms with E-state index in [2.05, 4.69) is 36.2 Å². The van der Waals surface area contributed by atoms with E-state index < -0.39 is 0 Å². The van der Waals surface area contributed by atoms with Crippen LogP contribution in [0.2, 0.25) is 0 Å². The first-order chi connectivity index (χ1) is 8.18. The highest BCUT2D eigenvalue weighted by Crippen LogP contribution is 2.18. The van der Waals surface area contributed by atoms with E-state index in [9.17, 15) is 0 Å². The Hall–Kier alpha value is -1.84. The van der Waals surface area contributed by atoms with Crippen LogP contribution in [0.15, 0.2) is 36.8 Å². The van der Waals surface area contributed by atoms with Crippen molar-refractivity contribution in [3.8, 4) is 5.82 Å². The minimum atomic E-state index is 0.397. The number of hydrogen-bond donors (Lipinski definition) is 1. The van der Waals surface area contributed by atoms with Gasteiger partial charge in [-0.25, -0.2) is 9.67 Å². The Labute approximate surface area is 102 Å². The lowest BCUT2D eigenvalue weighted by atomic mass is 10.1. The molecule has 0 saturated carbocycles. The number of nitrogens with zero attached hydrogens (tertiary/aromatic N) is 3. The number of rotatable bonds is 4. The van der Waals surface area contributed by atoms with Crippen molar-refractivity contribution in [2.45, 2.75) is 26.8 Å². The molecule has 0 amide bonds. The van der Waals surface area contributed by atoms with Crippen molar-refractivity contribution < 1.29 is 0 Å². The summed E-state index contributed by atoms with van der Waals surface area (Å²) in [4.78, 5) is 4.37. The van der Waals surface area contributed by atoms with E-state index in [0.717, 1.165) is 11.5 Å². The van der Waals surface area contributed by atoms with E-state index in [1.165, 1.54) is 0 Å². The third-order valence-electron chi connectivity index (χ3n) is 2.89. The van der Waals surface area contributed by atoms with Crippen LogP contribution in [0.1, 0.15) is 20.8 Å². The fourth-order valence-electron chi connectivity index (χ4n) is 1.50. The third kappa shape index (κ3) is 2.64. The SMILES string of the molecule is CC(C)C(C)Nc1cccnc1-n1cccn1. The topological polar surface area (TPSA) is 42.7 Å². The molecular formula is C13H18N4. The fraction of sp³-hybridized carbons (Fsp3) is 0.385. The molecule has 2 aromatic heterocycles. The van der Waals surface area contributed by atoms with Crippen LogP contribution in [0.25, 0.3) is 5.82 Å². The molecule has 2 heterocycles. The molecule has 4 nitrogen and oxygen atoms in total. The Kier molecular flexibility index (Phi) is 3.42. The van der Waals surface area contributed by atoms with Gasteiger partial charge in [0.2, 0.25) is 0 Å². The Morgan fingerprint density at radius 1 is 1.18 bits per heavy atom. The second-order valence-corrected chi connectivity index (χ2v) is 4.50. The van der Waals surface area contributed by atoms with Crippen molar-refractivity contribution in [2.75, 3.05) is 5.32 Å². The lowest BCUT2D eigenvalue weighted by Crippen LogP contribution is -2.22. The zero-order valence-corrected chi connectivity index (χ0v) is 10.5. The summed E-state index contributed by atoms with van der Waals surface area (Å²) < 4.78 is 1.77. The Morgan fingerprint density at radius 2 is 2.00 bits per heavy atom. The van der Waals surface area contributed by atoms with Gasteiger partial charge in [0.25, 0.3) is 0 Å². The maximum atomic E-state index is 4.37. The monoisotopic (exact) mass is 230 g/mol. The second-order valence-electron chi connectivity index (χ2n) is 4.50. The summed E-state index contributed by atoms with van der Waals surface area (Å²) in [5.74, 6) is 1.41. The maximum absolute atomic E-state index is 4.37. The summed E-state index contributed by atoms with van der Waals surface area (Å²) in [6.45, 7) is 6.56. The molecule has 2 rings (SSSR count). The number of nitrogens with one attached hydrogen (secondary N) is 1. The molecule has 2 aromatic rings. The minimum Gasteiger partial charge on any atom is -0.379 e. The normalized spacial score (nSPS) is 12.7. The quantitative estimate of drug-likeness (QED) is 0.878. The van der Waals surface area contributed by atoms with Gasteiger partial charge in [0, 0.05) is 24.6 Å². The summed E-state index contributed by atoms with van der Waals surface area (Å²) in [7, 11) is 0. The molecule has 1 unspecified atom stereocenters. The van der Waals surface area contributed by atoms with Gasteiger partial charge in [0.1, 0.15) is 0 Å². The van der Waals surface area contributed by atoms with Crippen LogP contribution in [0.3, 0.4) is 0 Å². The van der Waals surface area contributed by atoms with Crippen molar-refractivity contribution in [3.63, 3.8) is 0 Å². The maximum Gasteiger partial charge on any atom is 0.176 e. The van der Waals surface area contributed by atoms with Crippen LogP contribution < -0.4 is 5.32 Å². The molecule has 0 bridgehead atoms. The number of aromatic nitrogens is 3. The summed E-state index contributed by atoms with van der Waals surface area (Å²) in [5.41, 5.74) is 1.01. The molecule has 0 aliphatic rings. The van der Waals surface area contributed by atoms with Crippen LogP contribution >= 0.6 is 0 Å². The average molecular weight is 230 g/mol. The molecule has 1 atom stereocenters. The van der Waals surface area contributed by atoms with Gasteiger partial charge in [-0.05, 0) is 31.0 Å². The Bertz CT molecular complexity index is 462. The summed E-state index contributed by atoms with van der Waals surface area (Å²) in [5, 5.41) is 7.69. The van der Waals surface area contributed by atoms with Crippen LogP contribution in [0, 0.1) is 5.92 Å². The summed E-state index contributed by atoms with van der Waals surface area (Å²) in [6.07, 6.45) is 5.43. The molecule has 17 heavy (non-hydrogen) atoms. The van der Waals surface area contributed by atoms with Gasteiger partial charge in [-0.2, -0.15) is 5.10 Å². The zero-order valence-electron chi connectivity index (χ0n) is 10.5. The molecule has 90 valence electrons. The standard InChI is InChI=1S/C13H18N4/c1-10(2)11(3)16-12-6-4-7-14-13(12)17-9-5-8-15-17/h4-11,16H,1-3H3. The number of pyridine rings is 1. The van der Waals surface area contributed by atoms with Gasteiger partial charge in [0.05, 0.1) is 5.69 Å². The van der Waals surface area contributed by atoms with Crippen molar-refractivity contribution in [3.05, 3.63) is 36.8 Å². The van der Waals surface area contributed by atoms with Crippen molar-refractivity contribution in [2.24, 2.45) is 5.92 Å². The summed E-state index contributed by atoms with van der Waals surface area (Å²) in [6, 6.07) is 6.25. The summed E-state index contributed by atoms with van der Waals surface area (Å²) >= 11 is 0. The zero-order chi connectivity index (χ0) is 12.3. The molecule has 0 radical (unpaired) electrons. The molecule has 0 aliphatic carbocycles. The molecular weight excluding hydrogens is 212 g/mol. The van der Waals surface area contributed by atoms with E-state index in [4.69, 9.17) is 0 Å². The molecule has 0 aliphatic heterocycles. The van der Waals surface area contributed by atoms with Crippen molar-refractivity contribution in [1.82, 2.24) is 14.8 Å². The van der Waals surface area contributed by atoms with Crippen LogP contribution in [0.5, 0.6) is 0 Å². The van der Waals surface area contributed by atoms with E-state index >= 15 is 0 Å². The molecule has 0 saturated heterocycles. The highest BCUT2D eigenvalue weighted by molar-refractivity contribution is 5.56. The Morgan fingerprint density at radius 3 is 2.65 bits per heavy atom. The second kappa shape index (κ2) is 4.99. The van der Waals surface area contributed by atoms with E-state index in [1.54, 1.807) is 17.1 Å². The first-order valence-electron chi connectivity index (χ1n) is 5.90. The van der Waals surface area contributed by atoms with E-state index in [0.29, 0.717) is 12.0 Å². The highest BCUT2D eigenvalue weighted by Gasteiger charge is 2.11. The number of hydrogen-bond acceptors (Lipinski definition) is 3. The van der Waals surface area contributed by atoms with Crippen LogP contribution in [-0.4, -0.2) is 20.8 Å². The van der Waals surface area contributed by atoms with E-state index in [-0.39, 0.29) is 0 Å². The molecule has 0 fully saturated rings. The largest absolute Gasteiger partial charge is 0.379 e. The number of anilines is 1. The van der Waals surface area contributed by atoms with Gasteiger partial charge in [-0.1, -0.05) is 13.8 Å². The van der Waals surface area contributed by atoms with Crippen molar-refractivity contribution in [1.29, 1.82) is 0 Å². The molecule has 1 N–H and O–H groups in total. The van der Waals surface area contributed by atoms with Gasteiger partial charge >= 0.3 is 0 Å². The van der Waals surface area contributed by atoms with E-state index in [1.807, 2.05) is 24.4 Å². The predicted molar refractivity (Wildman–Crippen MR) is 69.3 cm³/mol. The van der Waals surface area contributed by atoms with Gasteiger partial charge in [-0.3, -0.25) is 0 Å². The van der Waals surface area contributed by atoms with Gasteiger partial charge < -0.3 is 5.32 Å². The first kappa shape index (κ1) is 11.6. The molecule has 0 aromatic carbocycles. The van der Waals surface area contributed by atoms with Crippen molar-refractivity contribution >= 4 is 5.69 Å². The molecule has 4 heteroatoms. The lowest BCUT2D eigenvalue weighted by molar-refractivity contribution is 0.559. The smallest absolute Gasteiger partial charge is 0.176 e. The average Bonchev–Trinajstić information content (AvgIpc) is 2.83. The minimum absolute atomic E-state index is 0.397. The van der Waals surface area contributed by atoms with Gasteiger partial charge in [0.15, 0.2) is 5.82 Å². The fourth-order valence-corrected chi connectivity index (χ4v) is 1.50. The van der Waals surface area contributed by atoms with Crippen LogP contribution in [0.4, 0.5) is 5.69 Å². The third-order valence-corrected chi connectivity index (χ3v) is 2.89. The van der Waals surface area contributed by atoms with Crippen LogP contribution in [-0.2, 0) is 0 Å². The van der Waals surface area contributed by atoms with Gasteiger partial charge in [-0.15, -0.1) is 0 Å². The first-order valence-corrected chi connectivity index (χ1v) is 5.90. The molecule has 0 spiro atoms. The lowest BCUT2D eigenvalue weighted by Gasteiger charge is -2.20. The Balaban J connectivity index is 2.29. The highest BCUT2D eigenvalue weighted by atomic mass is 15.3. The predicted octanol–water partition coefficient (Wildman–Crippen LogP) is 2.72.